The summed E-state index contributed by atoms with van der Waals surface area (Å²) in [5, 5.41) is 13.1. The van der Waals surface area contributed by atoms with Gasteiger partial charge in [-0.3, -0.25) is 4.79 Å². The van der Waals surface area contributed by atoms with E-state index in [0.717, 1.165) is 9.13 Å². The molecule has 0 aliphatic heterocycles. The number of hydrogen-bond donors (Lipinski definition) is 1. The quantitative estimate of drug-likeness (QED) is 0.240. The van der Waals surface area contributed by atoms with Gasteiger partial charge in [-0.1, -0.05) is 29.3 Å². The zero-order chi connectivity index (χ0) is 20.8. The van der Waals surface area contributed by atoms with Gasteiger partial charge in [-0.15, -0.1) is 0 Å². The molecule has 8 heteroatoms. The lowest BCUT2D eigenvalue weighted by molar-refractivity contribution is -0.117. The number of halogens is 4. The van der Waals surface area contributed by atoms with Crippen molar-refractivity contribution < 1.29 is 9.53 Å². The van der Waals surface area contributed by atoms with Gasteiger partial charge < -0.3 is 10.1 Å². The van der Waals surface area contributed by atoms with Crippen LogP contribution in [0.4, 0.5) is 0 Å². The van der Waals surface area contributed by atoms with Crippen LogP contribution in [0.25, 0.3) is 6.08 Å². The van der Waals surface area contributed by atoms with E-state index in [1.165, 1.54) is 0 Å². The van der Waals surface area contributed by atoms with E-state index in [-0.39, 0.29) is 18.2 Å². The third-order valence-corrected chi connectivity index (χ3v) is 5.48. The molecule has 2 aromatic rings. The minimum Gasteiger partial charge on any atom is -0.487 e. The van der Waals surface area contributed by atoms with Crippen molar-refractivity contribution in [3.05, 3.63) is 65.1 Å². The van der Waals surface area contributed by atoms with Crippen LogP contribution in [-0.4, -0.2) is 11.9 Å². The smallest absolute Gasteiger partial charge is 0.262 e. The standard InChI is InChI=1S/C20H16BrCl2IN2O2/c1-11(2)26-20(27)14(9-25)5-12-6-16(21)19(18(24)7-12)28-10-13-3-4-15(22)8-17(13)23/h3-8,11H,10H2,1-2H3,(H,26,27)/b14-5-. The topological polar surface area (TPSA) is 62.1 Å². The van der Waals surface area contributed by atoms with Crippen LogP contribution in [0, 0.1) is 14.9 Å². The molecule has 0 aromatic heterocycles. The second-order valence-electron chi connectivity index (χ2n) is 6.14. The fraction of sp³-hybridized carbons (Fsp3) is 0.200. The average molecular weight is 594 g/mol. The van der Waals surface area contributed by atoms with E-state index in [1.54, 1.807) is 24.3 Å². The highest BCUT2D eigenvalue weighted by Crippen LogP contribution is 2.34. The fourth-order valence-corrected chi connectivity index (χ4v) is 4.48. The van der Waals surface area contributed by atoms with E-state index >= 15 is 0 Å². The molecule has 0 atom stereocenters. The summed E-state index contributed by atoms with van der Waals surface area (Å²) in [4.78, 5) is 12.1. The first-order valence-corrected chi connectivity index (χ1v) is 10.8. The Morgan fingerprint density at radius 1 is 1.36 bits per heavy atom. The lowest BCUT2D eigenvalue weighted by Crippen LogP contribution is -2.30. The van der Waals surface area contributed by atoms with Gasteiger partial charge in [0.15, 0.2) is 0 Å². The van der Waals surface area contributed by atoms with Gasteiger partial charge in [0.05, 0.1) is 8.04 Å². The zero-order valence-electron chi connectivity index (χ0n) is 15.0. The summed E-state index contributed by atoms with van der Waals surface area (Å²) >= 11 is 17.7. The Labute approximate surface area is 196 Å². The highest BCUT2D eigenvalue weighted by molar-refractivity contribution is 14.1. The van der Waals surface area contributed by atoms with Crippen molar-refractivity contribution in [3.63, 3.8) is 0 Å². The van der Waals surface area contributed by atoms with E-state index in [4.69, 9.17) is 27.9 Å². The van der Waals surface area contributed by atoms with Crippen molar-refractivity contribution >= 4 is 73.7 Å². The van der Waals surface area contributed by atoms with Gasteiger partial charge in [0.2, 0.25) is 0 Å². The van der Waals surface area contributed by atoms with Crippen molar-refractivity contribution in [2.24, 2.45) is 0 Å². The Kier molecular flexibility index (Phi) is 8.62. The molecule has 4 nitrogen and oxygen atoms in total. The molecule has 0 radical (unpaired) electrons. The predicted molar refractivity (Wildman–Crippen MR) is 125 cm³/mol. The van der Waals surface area contributed by atoms with Gasteiger partial charge in [0.25, 0.3) is 5.91 Å². The van der Waals surface area contributed by atoms with E-state index in [1.807, 2.05) is 32.0 Å². The molecule has 28 heavy (non-hydrogen) atoms. The highest BCUT2D eigenvalue weighted by atomic mass is 127. The molecule has 0 bridgehead atoms. The maximum atomic E-state index is 12.1. The lowest BCUT2D eigenvalue weighted by atomic mass is 10.1. The predicted octanol–water partition coefficient (Wildman–Crippen LogP) is 6.37. The summed E-state index contributed by atoms with van der Waals surface area (Å²) in [7, 11) is 0. The Bertz CT molecular complexity index is 948. The number of carbonyl (C=O) groups excluding carboxylic acids is 1. The highest BCUT2D eigenvalue weighted by Gasteiger charge is 2.13. The van der Waals surface area contributed by atoms with Crippen LogP contribution in [0.5, 0.6) is 5.75 Å². The lowest BCUT2D eigenvalue weighted by Gasteiger charge is -2.13. The fourth-order valence-electron chi connectivity index (χ4n) is 2.24. The summed E-state index contributed by atoms with van der Waals surface area (Å²) in [5.41, 5.74) is 1.57. The Balaban J connectivity index is 2.23. The van der Waals surface area contributed by atoms with Crippen LogP contribution in [0.1, 0.15) is 25.0 Å². The van der Waals surface area contributed by atoms with Crippen molar-refractivity contribution in [1.29, 1.82) is 5.26 Å². The Morgan fingerprint density at radius 3 is 2.64 bits per heavy atom. The molecule has 146 valence electrons. The summed E-state index contributed by atoms with van der Waals surface area (Å²) in [6.07, 6.45) is 1.55. The van der Waals surface area contributed by atoms with Crippen molar-refractivity contribution in [2.75, 3.05) is 0 Å². The summed E-state index contributed by atoms with van der Waals surface area (Å²) in [6.45, 7) is 3.96. The van der Waals surface area contributed by atoms with Crippen LogP contribution in [0.15, 0.2) is 40.4 Å². The second kappa shape index (κ2) is 10.5. The Hall–Kier alpha value is -1.27. The molecule has 0 aliphatic rings. The number of amides is 1. The number of benzene rings is 2. The monoisotopic (exact) mass is 592 g/mol. The third kappa shape index (κ3) is 6.38. The largest absolute Gasteiger partial charge is 0.487 e. The first-order chi connectivity index (χ1) is 13.2. The molecule has 0 unspecified atom stereocenters. The molecule has 0 spiro atoms. The van der Waals surface area contributed by atoms with Crippen LogP contribution in [0.3, 0.4) is 0 Å². The maximum absolute atomic E-state index is 12.1. The molecule has 1 amide bonds. The molecule has 0 saturated carbocycles. The number of rotatable bonds is 6. The molecular formula is C20H16BrCl2IN2O2. The molecular weight excluding hydrogens is 578 g/mol. The number of hydrogen-bond acceptors (Lipinski definition) is 3. The number of nitrogens with one attached hydrogen (secondary N) is 1. The van der Waals surface area contributed by atoms with Gasteiger partial charge in [0.1, 0.15) is 24.0 Å². The van der Waals surface area contributed by atoms with Gasteiger partial charge >= 0.3 is 0 Å². The van der Waals surface area contributed by atoms with Crippen LogP contribution in [-0.2, 0) is 11.4 Å². The van der Waals surface area contributed by atoms with Crippen LogP contribution >= 0.6 is 61.7 Å². The average Bonchev–Trinajstić information content (AvgIpc) is 2.59. The van der Waals surface area contributed by atoms with E-state index in [9.17, 15) is 10.1 Å². The maximum Gasteiger partial charge on any atom is 0.262 e. The number of ether oxygens (including phenoxy) is 1. The van der Waals surface area contributed by atoms with Crippen molar-refractivity contribution in [3.8, 4) is 11.8 Å². The molecule has 1 N–H and O–H groups in total. The molecule has 0 fully saturated rings. The summed E-state index contributed by atoms with van der Waals surface area (Å²) in [5.74, 6) is 0.246. The first-order valence-electron chi connectivity index (χ1n) is 8.19. The number of nitriles is 1. The first kappa shape index (κ1) is 23.0. The van der Waals surface area contributed by atoms with Gasteiger partial charge in [-0.25, -0.2) is 0 Å². The van der Waals surface area contributed by atoms with Gasteiger partial charge in [0, 0.05) is 21.7 Å². The van der Waals surface area contributed by atoms with Crippen LogP contribution < -0.4 is 10.1 Å². The summed E-state index contributed by atoms with van der Waals surface area (Å²) < 4.78 is 7.44. The number of nitrogens with zero attached hydrogens (tertiary/aromatic N) is 1. The minimum absolute atomic E-state index is 0.0398. The molecule has 0 saturated heterocycles. The zero-order valence-corrected chi connectivity index (χ0v) is 20.3. The third-order valence-electron chi connectivity index (χ3n) is 3.50. The van der Waals surface area contributed by atoms with E-state index in [0.29, 0.717) is 25.8 Å². The Morgan fingerprint density at radius 2 is 2.07 bits per heavy atom. The molecule has 0 aliphatic carbocycles. The summed E-state index contributed by atoms with van der Waals surface area (Å²) in [6, 6.07) is 10.8. The van der Waals surface area contributed by atoms with E-state index in [2.05, 4.69) is 43.8 Å². The number of carbonyl (C=O) groups is 1. The van der Waals surface area contributed by atoms with E-state index < -0.39 is 5.91 Å². The van der Waals surface area contributed by atoms with Gasteiger partial charge in [-0.2, -0.15) is 5.26 Å². The van der Waals surface area contributed by atoms with Gasteiger partial charge in [-0.05, 0) is 88.3 Å². The second-order valence-corrected chi connectivity index (χ2v) is 9.00. The van der Waals surface area contributed by atoms with Crippen molar-refractivity contribution in [1.82, 2.24) is 5.32 Å². The molecule has 0 heterocycles. The SMILES string of the molecule is CC(C)NC(=O)/C(C#N)=C\c1cc(Br)c(OCc2ccc(Cl)cc2Cl)c(I)c1. The molecule has 2 rings (SSSR count). The normalized spacial score (nSPS) is 11.3. The van der Waals surface area contributed by atoms with Crippen LogP contribution in [0.2, 0.25) is 10.0 Å². The minimum atomic E-state index is -0.402. The molecule has 2 aromatic carbocycles. The van der Waals surface area contributed by atoms with Crippen molar-refractivity contribution in [2.45, 2.75) is 26.5 Å².